The fourth-order valence-electron chi connectivity index (χ4n) is 2.73. The molecule has 0 aromatic carbocycles. The van der Waals surface area contributed by atoms with Crippen LogP contribution in [0, 0.1) is 0 Å². The Kier molecular flexibility index (Phi) is 3.27. The third kappa shape index (κ3) is 3.01. The van der Waals surface area contributed by atoms with E-state index in [0.29, 0.717) is 0 Å². The Morgan fingerprint density at radius 1 is 1.40 bits per heavy atom. The lowest BCUT2D eigenvalue weighted by atomic mass is 9.86. The van der Waals surface area contributed by atoms with Crippen molar-refractivity contribution in [3.63, 3.8) is 0 Å². The Bertz CT molecular complexity index is 285. The summed E-state index contributed by atoms with van der Waals surface area (Å²) in [4.78, 5) is -0.106. The van der Waals surface area contributed by atoms with Gasteiger partial charge in [0, 0.05) is 13.5 Å². The van der Waals surface area contributed by atoms with Crippen molar-refractivity contribution in [2.75, 3.05) is 0 Å². The Morgan fingerprint density at radius 2 is 2.13 bits per heavy atom. The Labute approximate surface area is 104 Å². The molecule has 15 heavy (non-hydrogen) atoms. The van der Waals surface area contributed by atoms with Gasteiger partial charge in [-0.3, -0.25) is 0 Å². The second-order valence-corrected chi connectivity index (χ2v) is 12.7. The molecule has 1 heterocycles. The summed E-state index contributed by atoms with van der Waals surface area (Å²) < 4.78 is 0. The zero-order chi connectivity index (χ0) is 11.1. The number of rotatable bonds is 0. The van der Waals surface area contributed by atoms with E-state index in [1.54, 1.807) is 0 Å². The van der Waals surface area contributed by atoms with E-state index in [9.17, 15) is 0 Å². The molecule has 0 unspecified atom stereocenters. The monoisotopic (exact) mass is 262 g/mol. The van der Waals surface area contributed by atoms with E-state index in [0.717, 1.165) is 19.3 Å². The van der Waals surface area contributed by atoms with Crippen molar-refractivity contribution < 1.29 is 0 Å². The van der Waals surface area contributed by atoms with Crippen molar-refractivity contribution in [1.29, 1.82) is 0 Å². The summed E-state index contributed by atoms with van der Waals surface area (Å²) in [5.74, 6) is 0. The summed E-state index contributed by atoms with van der Waals surface area (Å²) in [7, 11) is -0.976. The van der Waals surface area contributed by atoms with E-state index in [1.807, 2.05) is 0 Å². The van der Waals surface area contributed by atoms with Gasteiger partial charge < -0.3 is 0 Å². The summed E-state index contributed by atoms with van der Waals surface area (Å²) in [5, 5.41) is 0.269. The lowest BCUT2D eigenvalue weighted by Crippen LogP contribution is -2.35. The van der Waals surface area contributed by atoms with Crippen molar-refractivity contribution >= 4 is 31.3 Å². The minimum Gasteiger partial charge on any atom is -0.123 e. The quantitative estimate of drug-likeness (QED) is 0.335. The summed E-state index contributed by atoms with van der Waals surface area (Å²) in [6.45, 7) is 4.99. The predicted molar refractivity (Wildman–Crippen MR) is 71.9 cm³/mol. The molecule has 0 saturated carbocycles. The standard InChI is InChI=1S/C12H20Cl2Si/c1-15(2)5-3-10-7-11(13)9-12(14,8-10)4-6-15/h8,11H,3-7,9H2,1-2H3/t11-,12-/m0/s1. The van der Waals surface area contributed by atoms with Crippen LogP contribution in [0.5, 0.6) is 0 Å². The van der Waals surface area contributed by atoms with Gasteiger partial charge >= 0.3 is 0 Å². The first-order valence-electron chi connectivity index (χ1n) is 5.92. The van der Waals surface area contributed by atoms with Crippen LogP contribution in [-0.2, 0) is 0 Å². The molecule has 3 heteroatoms. The lowest BCUT2D eigenvalue weighted by Gasteiger charge is -2.38. The highest BCUT2D eigenvalue weighted by Gasteiger charge is 2.37. The van der Waals surface area contributed by atoms with Gasteiger partial charge in [-0.2, -0.15) is 0 Å². The highest BCUT2D eigenvalue weighted by atomic mass is 35.5. The van der Waals surface area contributed by atoms with E-state index in [4.69, 9.17) is 23.2 Å². The number of halogens is 2. The van der Waals surface area contributed by atoms with Crippen molar-refractivity contribution in [1.82, 2.24) is 0 Å². The molecular weight excluding hydrogens is 243 g/mol. The molecule has 2 atom stereocenters. The molecule has 0 saturated heterocycles. The zero-order valence-corrected chi connectivity index (χ0v) is 12.2. The van der Waals surface area contributed by atoms with Crippen LogP contribution < -0.4 is 0 Å². The summed E-state index contributed by atoms with van der Waals surface area (Å²) in [6.07, 6.45) is 6.75. The average Bonchev–Trinajstić information content (AvgIpc) is 2.10. The molecule has 1 aliphatic heterocycles. The van der Waals surface area contributed by atoms with Gasteiger partial charge in [0.25, 0.3) is 0 Å². The van der Waals surface area contributed by atoms with Crippen LogP contribution >= 0.6 is 23.2 Å². The third-order valence-corrected chi connectivity index (χ3v) is 7.82. The number of hydrogen-bond donors (Lipinski definition) is 0. The molecule has 86 valence electrons. The van der Waals surface area contributed by atoms with Crippen LogP contribution in [0.1, 0.15) is 25.7 Å². The fourth-order valence-corrected chi connectivity index (χ4v) is 6.24. The van der Waals surface area contributed by atoms with Crippen molar-refractivity contribution in [2.24, 2.45) is 0 Å². The van der Waals surface area contributed by atoms with E-state index in [2.05, 4.69) is 19.2 Å². The maximum absolute atomic E-state index is 6.67. The van der Waals surface area contributed by atoms with Crippen molar-refractivity contribution in [2.45, 2.75) is 61.1 Å². The molecule has 0 amide bonds. The van der Waals surface area contributed by atoms with E-state index in [1.165, 1.54) is 24.1 Å². The molecule has 0 spiro atoms. The molecule has 0 aromatic heterocycles. The molecule has 2 rings (SSSR count). The summed E-state index contributed by atoms with van der Waals surface area (Å²) in [5.41, 5.74) is 1.52. The fraction of sp³-hybridized carbons (Fsp3) is 0.833. The minimum absolute atomic E-state index is 0.106. The average molecular weight is 263 g/mol. The summed E-state index contributed by atoms with van der Waals surface area (Å²) in [6, 6.07) is 2.76. The van der Waals surface area contributed by atoms with Crippen LogP contribution in [0.15, 0.2) is 11.6 Å². The number of fused-ring (bicyclic) bond motifs is 1. The van der Waals surface area contributed by atoms with Crippen LogP contribution in [0.2, 0.25) is 25.2 Å². The van der Waals surface area contributed by atoms with Gasteiger partial charge in [-0.15, -0.1) is 23.2 Å². The van der Waals surface area contributed by atoms with Gasteiger partial charge in [0.2, 0.25) is 0 Å². The van der Waals surface area contributed by atoms with Crippen LogP contribution in [0.4, 0.5) is 0 Å². The van der Waals surface area contributed by atoms with Crippen LogP contribution in [0.3, 0.4) is 0 Å². The number of alkyl halides is 2. The first-order chi connectivity index (χ1) is 6.89. The van der Waals surface area contributed by atoms with Gasteiger partial charge in [0.1, 0.15) is 0 Å². The molecule has 0 nitrogen and oxygen atoms in total. The molecule has 2 bridgehead atoms. The molecule has 1 aliphatic carbocycles. The topological polar surface area (TPSA) is 0 Å². The molecule has 2 aliphatic rings. The maximum Gasteiger partial charge on any atom is 0.0640 e. The number of hydrogen-bond acceptors (Lipinski definition) is 0. The van der Waals surface area contributed by atoms with Crippen molar-refractivity contribution in [3.05, 3.63) is 11.6 Å². The Balaban J connectivity index is 2.21. The van der Waals surface area contributed by atoms with Crippen LogP contribution in [0.25, 0.3) is 0 Å². The predicted octanol–water partition coefficient (Wildman–Crippen LogP) is 4.79. The van der Waals surface area contributed by atoms with Gasteiger partial charge in [0.15, 0.2) is 0 Å². The number of allylic oxidation sites excluding steroid dienone is 2. The molecule has 0 fully saturated rings. The molecule has 0 aromatic rings. The minimum atomic E-state index is -0.976. The first-order valence-corrected chi connectivity index (χ1v) is 10.2. The smallest absolute Gasteiger partial charge is 0.0640 e. The lowest BCUT2D eigenvalue weighted by molar-refractivity contribution is 0.536. The molecule has 0 radical (unpaired) electrons. The summed E-state index contributed by atoms with van der Waals surface area (Å²) >= 11 is 13.0. The zero-order valence-electron chi connectivity index (χ0n) is 9.65. The van der Waals surface area contributed by atoms with E-state index in [-0.39, 0.29) is 10.3 Å². The first kappa shape index (κ1) is 12.0. The van der Waals surface area contributed by atoms with Gasteiger partial charge in [-0.05, 0) is 25.7 Å². The molecular formula is C12H20Cl2Si. The van der Waals surface area contributed by atoms with Crippen molar-refractivity contribution in [3.8, 4) is 0 Å². The largest absolute Gasteiger partial charge is 0.123 e. The second kappa shape index (κ2) is 4.08. The Hall–Kier alpha value is 0.537. The maximum atomic E-state index is 6.67. The second-order valence-electron chi connectivity index (χ2n) is 6.01. The van der Waals surface area contributed by atoms with E-state index >= 15 is 0 Å². The third-order valence-electron chi connectivity index (χ3n) is 3.85. The highest BCUT2D eigenvalue weighted by Crippen LogP contribution is 2.43. The SMILES string of the molecule is C[Si]1(C)CCC2=C[C@@](Cl)(CC1)C[C@@H](Cl)C2. The van der Waals surface area contributed by atoms with Crippen LogP contribution in [-0.4, -0.2) is 18.3 Å². The van der Waals surface area contributed by atoms with Gasteiger partial charge in [-0.1, -0.05) is 36.8 Å². The highest BCUT2D eigenvalue weighted by molar-refractivity contribution is 6.77. The van der Waals surface area contributed by atoms with Gasteiger partial charge in [-0.25, -0.2) is 0 Å². The molecule has 0 N–H and O–H groups in total. The normalized spacial score (nSPS) is 40.3. The van der Waals surface area contributed by atoms with E-state index < -0.39 is 8.07 Å². The van der Waals surface area contributed by atoms with Gasteiger partial charge in [0.05, 0.1) is 4.87 Å². The Morgan fingerprint density at radius 3 is 2.87 bits per heavy atom.